The van der Waals surface area contributed by atoms with Crippen molar-refractivity contribution in [3.8, 4) is 0 Å². The van der Waals surface area contributed by atoms with Crippen LogP contribution in [0.4, 0.5) is 16.2 Å². The van der Waals surface area contributed by atoms with Crippen molar-refractivity contribution < 1.29 is 14.4 Å². The predicted molar refractivity (Wildman–Crippen MR) is 99.4 cm³/mol. The lowest BCUT2D eigenvalue weighted by atomic mass is 9.95. The molecule has 0 aromatic heterocycles. The molecule has 1 aromatic carbocycles. The molecule has 0 aliphatic rings. The SMILES string of the molecule is CC(C)CNC(=O)CNC(=O)Nc1cccc(NC(=O)C(C)(C)C)c1. The number of amides is 4. The molecule has 1 rings (SSSR count). The quantitative estimate of drug-likeness (QED) is 0.636. The van der Waals surface area contributed by atoms with Gasteiger partial charge in [0, 0.05) is 23.3 Å². The van der Waals surface area contributed by atoms with E-state index in [-0.39, 0.29) is 18.4 Å². The molecule has 0 atom stereocenters. The maximum atomic E-state index is 12.0. The Balaban J connectivity index is 2.51. The van der Waals surface area contributed by atoms with Crippen LogP contribution in [0.3, 0.4) is 0 Å². The van der Waals surface area contributed by atoms with Gasteiger partial charge < -0.3 is 21.3 Å². The van der Waals surface area contributed by atoms with E-state index in [0.29, 0.717) is 23.8 Å². The van der Waals surface area contributed by atoms with Crippen LogP contribution < -0.4 is 21.3 Å². The second-order valence-electron chi connectivity index (χ2n) is 7.29. The lowest BCUT2D eigenvalue weighted by Crippen LogP contribution is -2.40. The highest BCUT2D eigenvalue weighted by molar-refractivity contribution is 5.96. The molecule has 4 N–H and O–H groups in total. The third kappa shape index (κ3) is 8.19. The molecule has 7 heteroatoms. The first-order valence-corrected chi connectivity index (χ1v) is 8.31. The summed E-state index contributed by atoms with van der Waals surface area (Å²) in [7, 11) is 0. The minimum Gasteiger partial charge on any atom is -0.354 e. The molecule has 0 aliphatic carbocycles. The zero-order valence-corrected chi connectivity index (χ0v) is 15.5. The summed E-state index contributed by atoms with van der Waals surface area (Å²) in [6.45, 7) is 9.92. The van der Waals surface area contributed by atoms with Gasteiger partial charge in [0.15, 0.2) is 0 Å². The fraction of sp³-hybridized carbons (Fsp3) is 0.500. The number of rotatable bonds is 6. The smallest absolute Gasteiger partial charge is 0.319 e. The second-order valence-corrected chi connectivity index (χ2v) is 7.29. The number of anilines is 2. The average Bonchev–Trinajstić information content (AvgIpc) is 2.50. The fourth-order valence-electron chi connectivity index (χ4n) is 1.71. The number of carbonyl (C=O) groups is 3. The van der Waals surface area contributed by atoms with Crippen LogP contribution in [0.2, 0.25) is 0 Å². The highest BCUT2D eigenvalue weighted by Gasteiger charge is 2.21. The van der Waals surface area contributed by atoms with Crippen LogP contribution in [0, 0.1) is 11.3 Å². The Morgan fingerprint density at radius 3 is 2.16 bits per heavy atom. The number of hydrogen-bond donors (Lipinski definition) is 4. The summed E-state index contributed by atoms with van der Waals surface area (Å²) >= 11 is 0. The predicted octanol–water partition coefficient (Wildman–Crippen LogP) is 2.56. The number of carbonyl (C=O) groups excluding carboxylic acids is 3. The summed E-state index contributed by atoms with van der Waals surface area (Å²) in [6, 6.07) is 6.33. The van der Waals surface area contributed by atoms with Gasteiger partial charge in [-0.3, -0.25) is 9.59 Å². The molecule has 4 amide bonds. The van der Waals surface area contributed by atoms with Gasteiger partial charge in [0.05, 0.1) is 6.54 Å². The maximum Gasteiger partial charge on any atom is 0.319 e. The van der Waals surface area contributed by atoms with Crippen LogP contribution in [0.1, 0.15) is 34.6 Å². The number of benzene rings is 1. The molecule has 0 heterocycles. The van der Waals surface area contributed by atoms with E-state index in [1.165, 1.54) is 0 Å². The van der Waals surface area contributed by atoms with Crippen molar-refractivity contribution in [2.45, 2.75) is 34.6 Å². The van der Waals surface area contributed by atoms with Crippen molar-refractivity contribution in [1.82, 2.24) is 10.6 Å². The van der Waals surface area contributed by atoms with E-state index >= 15 is 0 Å². The van der Waals surface area contributed by atoms with Gasteiger partial charge in [-0.15, -0.1) is 0 Å². The molecule has 0 fully saturated rings. The van der Waals surface area contributed by atoms with E-state index in [2.05, 4.69) is 21.3 Å². The number of urea groups is 1. The van der Waals surface area contributed by atoms with Crippen LogP contribution >= 0.6 is 0 Å². The fourth-order valence-corrected chi connectivity index (χ4v) is 1.71. The summed E-state index contributed by atoms with van der Waals surface area (Å²) < 4.78 is 0. The molecule has 0 saturated heterocycles. The van der Waals surface area contributed by atoms with Crippen LogP contribution in [0.25, 0.3) is 0 Å². The highest BCUT2D eigenvalue weighted by atomic mass is 16.2. The van der Waals surface area contributed by atoms with Crippen molar-refractivity contribution in [3.63, 3.8) is 0 Å². The normalized spacial score (nSPS) is 11.0. The molecule has 0 unspecified atom stereocenters. The summed E-state index contributed by atoms with van der Waals surface area (Å²) in [5, 5.41) is 10.6. The van der Waals surface area contributed by atoms with Crippen molar-refractivity contribution in [3.05, 3.63) is 24.3 Å². The Hall–Kier alpha value is -2.57. The van der Waals surface area contributed by atoms with Gasteiger partial charge in [-0.2, -0.15) is 0 Å². The molecule has 0 bridgehead atoms. The van der Waals surface area contributed by atoms with Gasteiger partial charge in [-0.1, -0.05) is 40.7 Å². The largest absolute Gasteiger partial charge is 0.354 e. The van der Waals surface area contributed by atoms with Crippen molar-refractivity contribution >= 4 is 29.2 Å². The van der Waals surface area contributed by atoms with Crippen molar-refractivity contribution in [1.29, 1.82) is 0 Å². The summed E-state index contributed by atoms with van der Waals surface area (Å²) in [6.07, 6.45) is 0. The lowest BCUT2D eigenvalue weighted by Gasteiger charge is -2.18. The Kier molecular flexibility index (Phi) is 7.42. The molecule has 0 aliphatic heterocycles. The third-order valence-corrected chi connectivity index (χ3v) is 3.18. The summed E-state index contributed by atoms with van der Waals surface area (Å²) in [5.41, 5.74) is 0.601. The first-order valence-electron chi connectivity index (χ1n) is 8.31. The Bertz CT molecular complexity index is 621. The summed E-state index contributed by atoms with van der Waals surface area (Å²) in [4.78, 5) is 35.4. The third-order valence-electron chi connectivity index (χ3n) is 3.18. The minimum absolute atomic E-state index is 0.0982. The average molecular weight is 348 g/mol. The molecule has 0 saturated carbocycles. The van der Waals surface area contributed by atoms with Crippen LogP contribution in [-0.4, -0.2) is 30.9 Å². The minimum atomic E-state index is -0.510. The zero-order valence-electron chi connectivity index (χ0n) is 15.5. The van der Waals surface area contributed by atoms with Gasteiger partial charge in [0.2, 0.25) is 11.8 Å². The molecular weight excluding hydrogens is 320 g/mol. The second kappa shape index (κ2) is 9.05. The van der Waals surface area contributed by atoms with E-state index in [9.17, 15) is 14.4 Å². The van der Waals surface area contributed by atoms with Crippen LogP contribution in [0.15, 0.2) is 24.3 Å². The molecule has 7 nitrogen and oxygen atoms in total. The standard InChI is InChI=1S/C18H28N4O3/c1-12(2)10-19-15(23)11-20-17(25)22-14-8-6-7-13(9-14)21-16(24)18(3,4)5/h6-9,12H,10-11H2,1-5H3,(H,19,23)(H,21,24)(H2,20,22,25). The van der Waals surface area contributed by atoms with Gasteiger partial charge in [0.1, 0.15) is 0 Å². The first-order chi connectivity index (χ1) is 11.6. The van der Waals surface area contributed by atoms with E-state index in [0.717, 1.165) is 0 Å². The maximum absolute atomic E-state index is 12.0. The Labute approximate surface area is 148 Å². The van der Waals surface area contributed by atoms with Crippen molar-refractivity contribution in [2.24, 2.45) is 11.3 Å². The van der Waals surface area contributed by atoms with Gasteiger partial charge in [-0.05, 0) is 24.1 Å². The molecule has 138 valence electrons. The van der Waals surface area contributed by atoms with E-state index in [1.807, 2.05) is 34.6 Å². The monoisotopic (exact) mass is 348 g/mol. The molecule has 1 aromatic rings. The van der Waals surface area contributed by atoms with Gasteiger partial charge >= 0.3 is 6.03 Å². The topological polar surface area (TPSA) is 99.3 Å². The zero-order chi connectivity index (χ0) is 19.0. The molecule has 0 radical (unpaired) electrons. The van der Waals surface area contributed by atoms with Crippen molar-refractivity contribution in [2.75, 3.05) is 23.7 Å². The van der Waals surface area contributed by atoms with E-state index in [4.69, 9.17) is 0 Å². The molecule has 0 spiro atoms. The van der Waals surface area contributed by atoms with Gasteiger partial charge in [0.25, 0.3) is 0 Å². The molecular formula is C18H28N4O3. The van der Waals surface area contributed by atoms with Crippen LogP contribution in [-0.2, 0) is 9.59 Å². The first kappa shape index (κ1) is 20.5. The summed E-state index contributed by atoms with van der Waals surface area (Å²) in [5.74, 6) is -0.00482. The van der Waals surface area contributed by atoms with E-state index in [1.54, 1.807) is 24.3 Å². The van der Waals surface area contributed by atoms with Crippen LogP contribution in [0.5, 0.6) is 0 Å². The van der Waals surface area contributed by atoms with Gasteiger partial charge in [-0.25, -0.2) is 4.79 Å². The Morgan fingerprint density at radius 1 is 1.00 bits per heavy atom. The van der Waals surface area contributed by atoms with E-state index < -0.39 is 11.4 Å². The highest BCUT2D eigenvalue weighted by Crippen LogP contribution is 2.19. The Morgan fingerprint density at radius 2 is 1.60 bits per heavy atom. The number of hydrogen-bond acceptors (Lipinski definition) is 3. The number of nitrogens with one attached hydrogen (secondary N) is 4. The lowest BCUT2D eigenvalue weighted by molar-refractivity contribution is -0.123. The molecule has 25 heavy (non-hydrogen) atoms.